The molecule has 0 bridgehead atoms. The van der Waals surface area contributed by atoms with E-state index < -0.39 is 0 Å². The molecule has 0 spiro atoms. The van der Waals surface area contributed by atoms with Crippen molar-refractivity contribution in [1.29, 1.82) is 0 Å². The zero-order valence-corrected chi connectivity index (χ0v) is 29.3. The van der Waals surface area contributed by atoms with Gasteiger partial charge in [0.2, 0.25) is 0 Å². The van der Waals surface area contributed by atoms with Crippen molar-refractivity contribution in [3.05, 3.63) is 114 Å². The molecule has 2 aliphatic rings. The number of hydrogen-bond acceptors (Lipinski definition) is 5. The van der Waals surface area contributed by atoms with Crippen LogP contribution >= 0.6 is 0 Å². The lowest BCUT2D eigenvalue weighted by atomic mass is 9.74. The molecule has 0 saturated carbocycles. The van der Waals surface area contributed by atoms with Gasteiger partial charge in [-0.05, 0) is 89.9 Å². The summed E-state index contributed by atoms with van der Waals surface area (Å²) in [5.74, 6) is 1.65. The van der Waals surface area contributed by atoms with Gasteiger partial charge in [-0.3, -0.25) is 4.90 Å². The SMILES string of the molecule is CN1C=CN(c2cccc(Oc3cc(-c4c(C(C)(C)C)cccc4C(C)(C)C)cc(N4CN(C)C(C)(C)c5ccccc54)c3)c2)C1. The molecule has 5 heteroatoms. The molecule has 0 aliphatic carbocycles. The van der Waals surface area contributed by atoms with Gasteiger partial charge in [0.05, 0.1) is 13.3 Å². The molecule has 0 unspecified atom stereocenters. The minimum absolute atomic E-state index is 0.0413. The predicted octanol–water partition coefficient (Wildman–Crippen LogP) is 10.2. The van der Waals surface area contributed by atoms with Crippen LogP contribution in [0.4, 0.5) is 17.1 Å². The second kappa shape index (κ2) is 11.5. The Morgan fingerprint density at radius 3 is 1.96 bits per heavy atom. The molecule has 6 rings (SSSR count). The highest BCUT2D eigenvalue weighted by molar-refractivity contribution is 5.81. The summed E-state index contributed by atoms with van der Waals surface area (Å²) in [5, 5.41) is 0. The number of para-hydroxylation sites is 1. The molecule has 0 fully saturated rings. The van der Waals surface area contributed by atoms with E-state index in [0.717, 1.165) is 36.2 Å². The maximum absolute atomic E-state index is 6.80. The Bertz CT molecular complexity index is 1740. The van der Waals surface area contributed by atoms with Crippen molar-refractivity contribution in [2.45, 2.75) is 71.8 Å². The second-order valence-electron chi connectivity index (χ2n) is 15.6. The largest absolute Gasteiger partial charge is 0.457 e. The molecular formula is C41H50N4O. The first kappa shape index (κ1) is 31.7. The highest BCUT2D eigenvalue weighted by Gasteiger charge is 2.36. The van der Waals surface area contributed by atoms with Crippen LogP contribution in [0.5, 0.6) is 11.5 Å². The van der Waals surface area contributed by atoms with E-state index in [9.17, 15) is 0 Å². The number of benzene rings is 4. The van der Waals surface area contributed by atoms with Crippen molar-refractivity contribution in [2.75, 3.05) is 37.2 Å². The number of ether oxygens (including phenoxy) is 1. The quantitative estimate of drug-likeness (QED) is 0.222. The summed E-state index contributed by atoms with van der Waals surface area (Å²) < 4.78 is 6.80. The van der Waals surface area contributed by atoms with Crippen LogP contribution in [0.25, 0.3) is 11.1 Å². The average molecular weight is 615 g/mol. The average Bonchev–Trinajstić information content (AvgIpc) is 3.44. The summed E-state index contributed by atoms with van der Waals surface area (Å²) in [6.07, 6.45) is 4.21. The smallest absolute Gasteiger partial charge is 0.130 e. The van der Waals surface area contributed by atoms with E-state index in [-0.39, 0.29) is 16.4 Å². The second-order valence-corrected chi connectivity index (χ2v) is 15.6. The van der Waals surface area contributed by atoms with Crippen molar-refractivity contribution in [2.24, 2.45) is 0 Å². The Hall–Kier alpha value is -4.22. The Kier molecular flexibility index (Phi) is 7.97. The zero-order valence-electron chi connectivity index (χ0n) is 29.3. The van der Waals surface area contributed by atoms with E-state index in [1.807, 2.05) is 0 Å². The third-order valence-electron chi connectivity index (χ3n) is 9.60. The van der Waals surface area contributed by atoms with Gasteiger partial charge in [0.15, 0.2) is 0 Å². The Balaban J connectivity index is 1.54. The van der Waals surface area contributed by atoms with Crippen molar-refractivity contribution in [1.82, 2.24) is 9.80 Å². The maximum Gasteiger partial charge on any atom is 0.130 e. The molecule has 2 heterocycles. The highest BCUT2D eigenvalue weighted by Crippen LogP contribution is 2.47. The number of anilines is 3. The van der Waals surface area contributed by atoms with Gasteiger partial charge in [-0.15, -0.1) is 0 Å². The Morgan fingerprint density at radius 2 is 1.30 bits per heavy atom. The summed E-state index contributed by atoms with van der Waals surface area (Å²) in [5.41, 5.74) is 9.77. The van der Waals surface area contributed by atoms with Gasteiger partial charge in [0.25, 0.3) is 0 Å². The number of rotatable bonds is 5. The molecule has 0 aromatic heterocycles. The molecule has 4 aromatic carbocycles. The highest BCUT2D eigenvalue weighted by atomic mass is 16.5. The molecular weight excluding hydrogens is 564 g/mol. The first-order valence-corrected chi connectivity index (χ1v) is 16.4. The van der Waals surface area contributed by atoms with Crippen molar-refractivity contribution in [3.8, 4) is 22.6 Å². The monoisotopic (exact) mass is 614 g/mol. The van der Waals surface area contributed by atoms with Crippen molar-refractivity contribution in [3.63, 3.8) is 0 Å². The van der Waals surface area contributed by atoms with Gasteiger partial charge in [0, 0.05) is 54.2 Å². The Morgan fingerprint density at radius 1 is 0.652 bits per heavy atom. The fourth-order valence-corrected chi connectivity index (χ4v) is 6.73. The van der Waals surface area contributed by atoms with Crippen LogP contribution < -0.4 is 14.5 Å². The van der Waals surface area contributed by atoms with Crippen LogP contribution in [-0.2, 0) is 16.4 Å². The van der Waals surface area contributed by atoms with E-state index >= 15 is 0 Å². The van der Waals surface area contributed by atoms with Gasteiger partial charge in [-0.2, -0.15) is 0 Å². The van der Waals surface area contributed by atoms with Crippen LogP contribution in [0.15, 0.2) is 97.3 Å². The maximum atomic E-state index is 6.80. The lowest BCUT2D eigenvalue weighted by molar-refractivity contribution is 0.150. The first-order chi connectivity index (χ1) is 21.6. The summed E-state index contributed by atoms with van der Waals surface area (Å²) >= 11 is 0. The first-order valence-electron chi connectivity index (χ1n) is 16.4. The third-order valence-corrected chi connectivity index (χ3v) is 9.60. The number of nitrogens with zero attached hydrogens (tertiary/aromatic N) is 4. The molecule has 46 heavy (non-hydrogen) atoms. The fraction of sp³-hybridized carbons (Fsp3) is 0.366. The molecule has 0 amide bonds. The normalized spacial score (nSPS) is 16.6. The van der Waals surface area contributed by atoms with Gasteiger partial charge < -0.3 is 19.4 Å². The van der Waals surface area contributed by atoms with Crippen molar-refractivity contribution < 1.29 is 4.74 Å². The Labute approximate surface area is 276 Å². The molecule has 240 valence electrons. The fourth-order valence-electron chi connectivity index (χ4n) is 6.73. The lowest BCUT2D eigenvalue weighted by Gasteiger charge is -2.47. The topological polar surface area (TPSA) is 22.2 Å². The van der Waals surface area contributed by atoms with Crippen LogP contribution in [0.1, 0.15) is 72.1 Å². The third kappa shape index (κ3) is 6.01. The van der Waals surface area contributed by atoms with E-state index in [4.69, 9.17) is 4.74 Å². The van der Waals surface area contributed by atoms with Gasteiger partial charge in [0.1, 0.15) is 11.5 Å². The predicted molar refractivity (Wildman–Crippen MR) is 194 cm³/mol. The van der Waals surface area contributed by atoms with E-state index in [1.54, 1.807) is 0 Å². The standard InChI is InChI=1S/C41H50N4O/c1-39(2,3)35-18-14-19-36(40(4,5)6)38(35)29-23-31(45-28-43(10)41(7,8)34-17-11-12-20-37(34)45)26-33(24-29)46-32-16-13-15-30(25-32)44-22-21-42(9)27-44/h11-26H,27-28H2,1-10H3. The minimum atomic E-state index is -0.0825. The van der Waals surface area contributed by atoms with E-state index in [0.29, 0.717) is 0 Å². The number of hydrogen-bond donors (Lipinski definition) is 0. The van der Waals surface area contributed by atoms with Crippen LogP contribution in [0.2, 0.25) is 0 Å². The summed E-state index contributed by atoms with van der Waals surface area (Å²) in [7, 11) is 4.30. The molecule has 0 atom stereocenters. The van der Waals surface area contributed by atoms with E-state index in [2.05, 4.69) is 186 Å². The minimum Gasteiger partial charge on any atom is -0.457 e. The van der Waals surface area contributed by atoms with Crippen LogP contribution in [-0.4, -0.2) is 37.2 Å². The summed E-state index contributed by atoms with van der Waals surface area (Å²) in [4.78, 5) is 9.26. The molecule has 0 saturated heterocycles. The zero-order chi connectivity index (χ0) is 33.0. The van der Waals surface area contributed by atoms with Crippen molar-refractivity contribution >= 4 is 17.1 Å². The molecule has 5 nitrogen and oxygen atoms in total. The summed E-state index contributed by atoms with van der Waals surface area (Å²) in [6.45, 7) is 20.1. The van der Waals surface area contributed by atoms with Gasteiger partial charge in [-0.1, -0.05) is 84.0 Å². The number of fused-ring (bicyclic) bond motifs is 1. The lowest BCUT2D eigenvalue weighted by Crippen LogP contribution is -2.49. The van der Waals surface area contributed by atoms with Crippen LogP contribution in [0, 0.1) is 0 Å². The van der Waals surface area contributed by atoms with Gasteiger partial charge in [-0.25, -0.2) is 0 Å². The van der Waals surface area contributed by atoms with E-state index in [1.165, 1.54) is 33.5 Å². The van der Waals surface area contributed by atoms with Crippen LogP contribution in [0.3, 0.4) is 0 Å². The molecule has 2 aliphatic heterocycles. The molecule has 4 aromatic rings. The molecule has 0 radical (unpaired) electrons. The van der Waals surface area contributed by atoms with Gasteiger partial charge >= 0.3 is 0 Å². The summed E-state index contributed by atoms with van der Waals surface area (Å²) in [6, 6.07) is 30.9. The molecule has 0 N–H and O–H groups in total.